The zero-order valence-electron chi connectivity index (χ0n) is 9.53. The van der Waals surface area contributed by atoms with Gasteiger partial charge in [-0.2, -0.15) is 0 Å². The van der Waals surface area contributed by atoms with Gasteiger partial charge < -0.3 is 5.73 Å². The average Bonchev–Trinajstić information content (AvgIpc) is 2.26. The molecular formula is C14H19N. The van der Waals surface area contributed by atoms with Gasteiger partial charge in [-0.15, -0.1) is 0 Å². The van der Waals surface area contributed by atoms with Crippen LogP contribution in [0.15, 0.2) is 48.1 Å². The highest BCUT2D eigenvalue weighted by Crippen LogP contribution is 2.16. The maximum Gasteiger partial charge on any atom is 0.0349 e. The molecule has 0 heterocycles. The second-order valence-corrected chi connectivity index (χ2v) is 3.55. The van der Waals surface area contributed by atoms with Crippen LogP contribution in [0.3, 0.4) is 0 Å². The lowest BCUT2D eigenvalue weighted by Crippen LogP contribution is -1.95. The molecule has 0 amide bonds. The highest BCUT2D eigenvalue weighted by atomic mass is 14.6. The molecule has 1 rings (SSSR count). The van der Waals surface area contributed by atoms with E-state index in [1.54, 1.807) is 0 Å². The summed E-state index contributed by atoms with van der Waals surface area (Å²) in [6.45, 7) is 4.20. The fraction of sp³-hybridized carbons (Fsp3) is 0.286. The molecule has 0 bridgehead atoms. The van der Waals surface area contributed by atoms with E-state index in [0.717, 1.165) is 18.5 Å². The summed E-state index contributed by atoms with van der Waals surface area (Å²) in [5.74, 6) is 0. The van der Waals surface area contributed by atoms with Crippen molar-refractivity contribution < 1.29 is 0 Å². The summed E-state index contributed by atoms with van der Waals surface area (Å²) in [4.78, 5) is 0. The Balaban J connectivity index is 2.76. The van der Waals surface area contributed by atoms with Crippen LogP contribution in [-0.2, 0) is 6.42 Å². The number of rotatable bonds is 4. The molecule has 0 unspecified atom stereocenters. The minimum atomic E-state index is 0.877. The molecular weight excluding hydrogens is 182 g/mol. The lowest BCUT2D eigenvalue weighted by atomic mass is 10.0. The molecule has 0 aliphatic rings. The van der Waals surface area contributed by atoms with Crippen LogP contribution in [0.1, 0.15) is 25.8 Å². The van der Waals surface area contributed by atoms with E-state index < -0.39 is 0 Å². The molecule has 2 N–H and O–H groups in total. The Kier molecular flexibility index (Phi) is 4.69. The predicted octanol–water partition coefficient (Wildman–Crippen LogP) is 3.72. The lowest BCUT2D eigenvalue weighted by molar-refractivity contribution is 1.16. The van der Waals surface area contributed by atoms with Crippen LogP contribution >= 0.6 is 0 Å². The van der Waals surface area contributed by atoms with Crippen LogP contribution < -0.4 is 5.73 Å². The van der Waals surface area contributed by atoms with Crippen LogP contribution in [0, 0.1) is 0 Å². The Bertz CT molecular complexity index is 361. The van der Waals surface area contributed by atoms with Crippen molar-refractivity contribution in [2.45, 2.75) is 26.7 Å². The Morgan fingerprint density at radius 2 is 2.07 bits per heavy atom. The number of hydrogen-bond donors (Lipinski definition) is 1. The van der Waals surface area contributed by atoms with Crippen molar-refractivity contribution in [3.8, 4) is 0 Å². The molecule has 0 fully saturated rings. The van der Waals surface area contributed by atoms with Crippen LogP contribution in [0.2, 0.25) is 0 Å². The standard InChI is InChI=1S/C14H19N/c1-3-5-8-12(4-2)11-13-9-6-7-10-14(13)15/h4-10H,3,11,15H2,1-2H3/b8-5-,12-4+. The van der Waals surface area contributed by atoms with Crippen LogP contribution in [-0.4, -0.2) is 0 Å². The van der Waals surface area contributed by atoms with E-state index >= 15 is 0 Å². The molecule has 1 nitrogen and oxygen atoms in total. The van der Waals surface area contributed by atoms with Gasteiger partial charge in [0, 0.05) is 5.69 Å². The fourth-order valence-electron chi connectivity index (χ4n) is 1.44. The number of hydrogen-bond acceptors (Lipinski definition) is 1. The Morgan fingerprint density at radius 3 is 2.67 bits per heavy atom. The molecule has 0 saturated carbocycles. The maximum absolute atomic E-state index is 5.90. The number of nitrogen functional groups attached to an aromatic ring is 1. The first-order valence-electron chi connectivity index (χ1n) is 5.43. The quantitative estimate of drug-likeness (QED) is 0.583. The van der Waals surface area contributed by atoms with E-state index in [4.69, 9.17) is 5.73 Å². The summed E-state index contributed by atoms with van der Waals surface area (Å²) in [6.07, 6.45) is 8.47. The zero-order valence-corrected chi connectivity index (χ0v) is 9.53. The molecule has 0 saturated heterocycles. The first kappa shape index (κ1) is 11.6. The van der Waals surface area contributed by atoms with Crippen molar-refractivity contribution in [2.75, 3.05) is 5.73 Å². The van der Waals surface area contributed by atoms with E-state index in [1.165, 1.54) is 11.1 Å². The largest absolute Gasteiger partial charge is 0.398 e. The van der Waals surface area contributed by atoms with Crippen molar-refractivity contribution in [1.82, 2.24) is 0 Å². The lowest BCUT2D eigenvalue weighted by Gasteiger charge is -2.05. The summed E-state index contributed by atoms with van der Waals surface area (Å²) in [5, 5.41) is 0. The molecule has 0 spiro atoms. The van der Waals surface area contributed by atoms with Crippen molar-refractivity contribution in [2.24, 2.45) is 0 Å². The van der Waals surface area contributed by atoms with Crippen molar-refractivity contribution in [3.05, 3.63) is 53.6 Å². The third-order valence-electron chi connectivity index (χ3n) is 2.39. The topological polar surface area (TPSA) is 26.0 Å². The molecule has 0 aliphatic carbocycles. The molecule has 0 aliphatic heterocycles. The van der Waals surface area contributed by atoms with Gasteiger partial charge in [-0.25, -0.2) is 0 Å². The number of para-hydroxylation sites is 1. The minimum absolute atomic E-state index is 0.877. The van der Waals surface area contributed by atoms with E-state index in [9.17, 15) is 0 Å². The van der Waals surface area contributed by atoms with Crippen molar-refractivity contribution in [3.63, 3.8) is 0 Å². The monoisotopic (exact) mass is 201 g/mol. The average molecular weight is 201 g/mol. The van der Waals surface area contributed by atoms with Gasteiger partial charge in [0.05, 0.1) is 0 Å². The van der Waals surface area contributed by atoms with E-state index in [2.05, 4.69) is 38.1 Å². The van der Waals surface area contributed by atoms with Gasteiger partial charge in [0.1, 0.15) is 0 Å². The summed E-state index contributed by atoms with van der Waals surface area (Å²) >= 11 is 0. The Hall–Kier alpha value is -1.50. The number of anilines is 1. The zero-order chi connectivity index (χ0) is 11.1. The van der Waals surface area contributed by atoms with Gasteiger partial charge in [-0.1, -0.05) is 43.4 Å². The van der Waals surface area contributed by atoms with Crippen molar-refractivity contribution in [1.29, 1.82) is 0 Å². The SMILES string of the molecule is C/C=C(\C=C/CC)Cc1ccccc1N. The Labute approximate surface area is 92.3 Å². The fourth-order valence-corrected chi connectivity index (χ4v) is 1.44. The first-order valence-corrected chi connectivity index (χ1v) is 5.43. The third kappa shape index (κ3) is 3.62. The minimum Gasteiger partial charge on any atom is -0.398 e. The predicted molar refractivity (Wildman–Crippen MR) is 67.7 cm³/mol. The molecule has 0 aromatic heterocycles. The Morgan fingerprint density at radius 1 is 1.33 bits per heavy atom. The second-order valence-electron chi connectivity index (χ2n) is 3.55. The van der Waals surface area contributed by atoms with E-state index in [0.29, 0.717) is 0 Å². The van der Waals surface area contributed by atoms with Gasteiger partial charge >= 0.3 is 0 Å². The molecule has 0 radical (unpaired) electrons. The molecule has 1 aromatic rings. The molecule has 0 atom stereocenters. The summed E-state index contributed by atoms with van der Waals surface area (Å²) in [5.41, 5.74) is 9.29. The maximum atomic E-state index is 5.90. The molecule has 15 heavy (non-hydrogen) atoms. The second kappa shape index (κ2) is 6.07. The van der Waals surface area contributed by atoms with Gasteiger partial charge in [0.2, 0.25) is 0 Å². The number of nitrogens with two attached hydrogens (primary N) is 1. The van der Waals surface area contributed by atoms with Crippen LogP contribution in [0.4, 0.5) is 5.69 Å². The number of benzene rings is 1. The first-order chi connectivity index (χ1) is 7.27. The van der Waals surface area contributed by atoms with Gasteiger partial charge in [-0.05, 0) is 37.0 Å². The summed E-state index contributed by atoms with van der Waals surface area (Å²) in [6, 6.07) is 8.03. The van der Waals surface area contributed by atoms with E-state index in [-0.39, 0.29) is 0 Å². The normalized spacial score (nSPS) is 12.3. The highest BCUT2D eigenvalue weighted by molar-refractivity contribution is 5.48. The highest BCUT2D eigenvalue weighted by Gasteiger charge is 1.98. The molecule has 1 heteroatoms. The number of allylic oxidation sites excluding steroid dienone is 4. The van der Waals surface area contributed by atoms with Gasteiger partial charge in [-0.3, -0.25) is 0 Å². The van der Waals surface area contributed by atoms with Crippen LogP contribution in [0.25, 0.3) is 0 Å². The van der Waals surface area contributed by atoms with Crippen LogP contribution in [0.5, 0.6) is 0 Å². The van der Waals surface area contributed by atoms with Crippen molar-refractivity contribution >= 4 is 5.69 Å². The molecule has 1 aromatic carbocycles. The van der Waals surface area contributed by atoms with Gasteiger partial charge in [0.25, 0.3) is 0 Å². The summed E-state index contributed by atoms with van der Waals surface area (Å²) in [7, 11) is 0. The third-order valence-corrected chi connectivity index (χ3v) is 2.39. The smallest absolute Gasteiger partial charge is 0.0349 e. The van der Waals surface area contributed by atoms with Gasteiger partial charge in [0.15, 0.2) is 0 Å². The van der Waals surface area contributed by atoms with E-state index in [1.807, 2.05) is 18.2 Å². The molecule has 80 valence electrons. The summed E-state index contributed by atoms with van der Waals surface area (Å²) < 4.78 is 0.